The lowest BCUT2D eigenvalue weighted by Crippen LogP contribution is -2.35. The minimum atomic E-state index is -0.308. The molecular weight excluding hydrogens is 337 g/mol. The number of hydrogen-bond donors (Lipinski definition) is 1. The number of aryl methyl sites for hydroxylation is 1. The number of nitrogens with one attached hydrogen (secondary N) is 1. The highest BCUT2D eigenvalue weighted by Gasteiger charge is 2.22. The standard InChI is InChI=1S/C18H20FN5O2/c1-12-20-17(22-26-12)11-23-5-2-6-24(8-7-23)18(25)16-10-13-9-14(19)3-4-15(13)21-16/h3-4,9-10,21H,2,5-8,11H2,1H3. The van der Waals surface area contributed by atoms with Gasteiger partial charge in [0.1, 0.15) is 11.5 Å². The summed E-state index contributed by atoms with van der Waals surface area (Å²) in [7, 11) is 0. The van der Waals surface area contributed by atoms with Crippen LogP contribution < -0.4 is 0 Å². The van der Waals surface area contributed by atoms with Gasteiger partial charge in [-0.1, -0.05) is 5.16 Å². The molecule has 3 aromatic rings. The molecule has 3 heterocycles. The monoisotopic (exact) mass is 357 g/mol. The number of hydrogen-bond acceptors (Lipinski definition) is 5. The lowest BCUT2D eigenvalue weighted by molar-refractivity contribution is 0.0756. The zero-order valence-corrected chi connectivity index (χ0v) is 14.5. The highest BCUT2D eigenvalue weighted by atomic mass is 19.1. The van der Waals surface area contributed by atoms with Gasteiger partial charge in [-0.15, -0.1) is 0 Å². The molecule has 1 amide bonds. The Morgan fingerprint density at radius 1 is 1.27 bits per heavy atom. The van der Waals surface area contributed by atoms with Crippen LogP contribution >= 0.6 is 0 Å². The van der Waals surface area contributed by atoms with E-state index in [1.807, 2.05) is 4.90 Å². The first-order chi connectivity index (χ1) is 12.6. The molecule has 0 unspecified atom stereocenters. The van der Waals surface area contributed by atoms with Crippen LogP contribution in [0.1, 0.15) is 28.6 Å². The van der Waals surface area contributed by atoms with E-state index in [0.717, 1.165) is 25.0 Å². The molecule has 26 heavy (non-hydrogen) atoms. The Morgan fingerprint density at radius 2 is 2.15 bits per heavy atom. The number of fused-ring (bicyclic) bond motifs is 1. The van der Waals surface area contributed by atoms with Crippen molar-refractivity contribution in [3.8, 4) is 0 Å². The van der Waals surface area contributed by atoms with Crippen LogP contribution in [0.5, 0.6) is 0 Å². The van der Waals surface area contributed by atoms with Crippen LogP contribution in [-0.2, 0) is 6.54 Å². The summed E-state index contributed by atoms with van der Waals surface area (Å²) in [6.45, 7) is 5.31. The Hall–Kier alpha value is -2.74. The smallest absolute Gasteiger partial charge is 0.270 e. The van der Waals surface area contributed by atoms with Crippen molar-refractivity contribution in [2.24, 2.45) is 0 Å². The van der Waals surface area contributed by atoms with Crippen molar-refractivity contribution in [3.63, 3.8) is 0 Å². The van der Waals surface area contributed by atoms with E-state index in [1.54, 1.807) is 19.1 Å². The van der Waals surface area contributed by atoms with Gasteiger partial charge in [-0.05, 0) is 30.7 Å². The van der Waals surface area contributed by atoms with Crippen molar-refractivity contribution < 1.29 is 13.7 Å². The van der Waals surface area contributed by atoms with E-state index >= 15 is 0 Å². The third-order valence-electron chi connectivity index (χ3n) is 4.62. The summed E-state index contributed by atoms with van der Waals surface area (Å²) < 4.78 is 18.4. The first-order valence-corrected chi connectivity index (χ1v) is 8.67. The number of nitrogens with zero attached hydrogens (tertiary/aromatic N) is 4. The number of amides is 1. The molecule has 0 spiro atoms. The van der Waals surface area contributed by atoms with Crippen LogP contribution in [0.4, 0.5) is 4.39 Å². The molecule has 0 radical (unpaired) electrons. The number of rotatable bonds is 3. The Morgan fingerprint density at radius 3 is 2.96 bits per heavy atom. The van der Waals surface area contributed by atoms with Gasteiger partial charge in [-0.25, -0.2) is 4.39 Å². The molecule has 1 saturated heterocycles. The van der Waals surface area contributed by atoms with Crippen LogP contribution in [0, 0.1) is 12.7 Å². The van der Waals surface area contributed by atoms with Crippen molar-refractivity contribution in [2.75, 3.05) is 26.2 Å². The second kappa shape index (κ2) is 6.87. The molecule has 0 aliphatic carbocycles. The molecule has 1 aromatic carbocycles. The highest BCUT2D eigenvalue weighted by Crippen LogP contribution is 2.18. The SMILES string of the molecule is Cc1nc(CN2CCCN(C(=O)c3cc4cc(F)ccc4[nH]3)CC2)no1. The van der Waals surface area contributed by atoms with Gasteiger partial charge in [0.05, 0.1) is 6.54 Å². The average Bonchev–Trinajstić information content (AvgIpc) is 3.14. The summed E-state index contributed by atoms with van der Waals surface area (Å²) in [4.78, 5) is 24.2. The largest absolute Gasteiger partial charge is 0.351 e. The van der Waals surface area contributed by atoms with E-state index in [1.165, 1.54) is 12.1 Å². The summed E-state index contributed by atoms with van der Waals surface area (Å²) in [6.07, 6.45) is 0.872. The molecule has 0 saturated carbocycles. The second-order valence-corrected chi connectivity index (χ2v) is 6.57. The Bertz CT molecular complexity index is 935. The number of carbonyl (C=O) groups excluding carboxylic acids is 1. The van der Waals surface area contributed by atoms with E-state index < -0.39 is 0 Å². The minimum absolute atomic E-state index is 0.0566. The van der Waals surface area contributed by atoms with Crippen LogP contribution in [0.3, 0.4) is 0 Å². The first kappa shape index (κ1) is 16.7. The molecule has 0 bridgehead atoms. The van der Waals surface area contributed by atoms with Gasteiger partial charge in [0.25, 0.3) is 5.91 Å². The summed E-state index contributed by atoms with van der Waals surface area (Å²) in [5.74, 6) is 0.860. The van der Waals surface area contributed by atoms with Crippen LogP contribution in [0.25, 0.3) is 10.9 Å². The lowest BCUT2D eigenvalue weighted by atomic mass is 10.2. The van der Waals surface area contributed by atoms with E-state index in [0.29, 0.717) is 42.4 Å². The molecule has 7 nitrogen and oxygen atoms in total. The van der Waals surface area contributed by atoms with Gasteiger partial charge in [-0.3, -0.25) is 9.69 Å². The maximum atomic E-state index is 13.3. The summed E-state index contributed by atoms with van der Waals surface area (Å²) in [5.41, 5.74) is 1.26. The number of aromatic amines is 1. The molecule has 136 valence electrons. The van der Waals surface area contributed by atoms with Crippen LogP contribution in [-0.4, -0.2) is 57.0 Å². The van der Waals surface area contributed by atoms with E-state index in [9.17, 15) is 9.18 Å². The van der Waals surface area contributed by atoms with E-state index in [4.69, 9.17) is 4.52 Å². The number of H-pyrrole nitrogens is 1. The van der Waals surface area contributed by atoms with E-state index in [2.05, 4.69) is 20.0 Å². The van der Waals surface area contributed by atoms with Crippen molar-refractivity contribution >= 4 is 16.8 Å². The number of carbonyl (C=O) groups is 1. The molecule has 1 fully saturated rings. The topological polar surface area (TPSA) is 78.3 Å². The fraction of sp³-hybridized carbons (Fsp3) is 0.389. The zero-order chi connectivity index (χ0) is 18.1. The zero-order valence-electron chi connectivity index (χ0n) is 14.5. The van der Waals surface area contributed by atoms with Crippen LogP contribution in [0.2, 0.25) is 0 Å². The van der Waals surface area contributed by atoms with E-state index in [-0.39, 0.29) is 11.7 Å². The maximum absolute atomic E-state index is 13.3. The van der Waals surface area contributed by atoms with Gasteiger partial charge in [-0.2, -0.15) is 4.98 Å². The average molecular weight is 357 g/mol. The molecule has 1 aliphatic heterocycles. The first-order valence-electron chi connectivity index (χ1n) is 8.67. The summed E-state index contributed by atoms with van der Waals surface area (Å²) in [6, 6.07) is 6.18. The van der Waals surface area contributed by atoms with Gasteiger partial charge >= 0.3 is 0 Å². The van der Waals surface area contributed by atoms with Crippen molar-refractivity contribution in [1.82, 2.24) is 24.9 Å². The molecule has 0 atom stereocenters. The van der Waals surface area contributed by atoms with Crippen molar-refractivity contribution in [3.05, 3.63) is 47.5 Å². The maximum Gasteiger partial charge on any atom is 0.270 e. The van der Waals surface area contributed by atoms with Gasteiger partial charge in [0.15, 0.2) is 5.82 Å². The van der Waals surface area contributed by atoms with Gasteiger partial charge in [0.2, 0.25) is 5.89 Å². The Balaban J connectivity index is 1.43. The lowest BCUT2D eigenvalue weighted by Gasteiger charge is -2.20. The van der Waals surface area contributed by atoms with Gasteiger partial charge < -0.3 is 14.4 Å². The molecule has 1 N–H and O–H groups in total. The quantitative estimate of drug-likeness (QED) is 0.778. The third-order valence-corrected chi connectivity index (χ3v) is 4.62. The third kappa shape index (κ3) is 3.45. The predicted molar refractivity (Wildman–Crippen MR) is 93.1 cm³/mol. The Labute approximate surface area is 149 Å². The van der Waals surface area contributed by atoms with Gasteiger partial charge in [0, 0.05) is 44.0 Å². The fourth-order valence-corrected chi connectivity index (χ4v) is 3.33. The molecule has 1 aliphatic rings. The summed E-state index contributed by atoms with van der Waals surface area (Å²) in [5, 5.41) is 4.64. The van der Waals surface area contributed by atoms with Crippen molar-refractivity contribution in [1.29, 1.82) is 0 Å². The fourth-order valence-electron chi connectivity index (χ4n) is 3.33. The molecule has 4 rings (SSSR count). The van der Waals surface area contributed by atoms with Crippen molar-refractivity contribution in [2.45, 2.75) is 19.9 Å². The summed E-state index contributed by atoms with van der Waals surface area (Å²) >= 11 is 0. The molecule has 8 heteroatoms. The number of benzene rings is 1. The number of aromatic nitrogens is 3. The second-order valence-electron chi connectivity index (χ2n) is 6.57. The number of halogens is 1. The predicted octanol–water partition coefficient (Wildman–Crippen LogP) is 2.35. The minimum Gasteiger partial charge on any atom is -0.351 e. The Kier molecular flexibility index (Phi) is 4.42. The van der Waals surface area contributed by atoms with Crippen LogP contribution in [0.15, 0.2) is 28.8 Å². The normalized spacial score (nSPS) is 16.2. The highest BCUT2D eigenvalue weighted by molar-refractivity contribution is 5.98. The molecular formula is C18H20FN5O2. The molecule has 2 aromatic heterocycles.